The first kappa shape index (κ1) is 13.5. The van der Waals surface area contributed by atoms with Crippen LogP contribution in [0.5, 0.6) is 0 Å². The summed E-state index contributed by atoms with van der Waals surface area (Å²) in [5.74, 6) is 0.764. The molecule has 0 aromatic carbocycles. The molecule has 0 amide bonds. The summed E-state index contributed by atoms with van der Waals surface area (Å²) in [5, 5.41) is 4.49. The zero-order valence-corrected chi connectivity index (χ0v) is 12.1. The summed E-state index contributed by atoms with van der Waals surface area (Å²) in [7, 11) is -0.597. The Labute approximate surface area is 108 Å². The Morgan fingerprint density at radius 2 is 1.88 bits per heavy atom. The first-order chi connectivity index (χ1) is 8.22. The van der Waals surface area contributed by atoms with Crippen LogP contribution in [0.15, 0.2) is 0 Å². The van der Waals surface area contributed by atoms with Crippen molar-refractivity contribution < 1.29 is 4.21 Å². The van der Waals surface area contributed by atoms with E-state index in [-0.39, 0.29) is 0 Å². The van der Waals surface area contributed by atoms with E-state index in [9.17, 15) is 4.21 Å². The zero-order valence-electron chi connectivity index (χ0n) is 11.3. The van der Waals surface area contributed by atoms with Crippen LogP contribution in [0.3, 0.4) is 0 Å². The van der Waals surface area contributed by atoms with E-state index in [0.717, 1.165) is 12.5 Å². The molecule has 1 N–H and O–H groups in total. The van der Waals surface area contributed by atoms with Gasteiger partial charge in [0.1, 0.15) is 0 Å². The summed E-state index contributed by atoms with van der Waals surface area (Å²) >= 11 is 0. The summed E-state index contributed by atoms with van der Waals surface area (Å²) in [4.78, 5) is 0. The Kier molecular flexibility index (Phi) is 5.04. The van der Waals surface area contributed by atoms with Crippen molar-refractivity contribution in [3.8, 4) is 0 Å². The number of nitrogens with one attached hydrogen (secondary N) is 1. The van der Waals surface area contributed by atoms with Gasteiger partial charge < -0.3 is 5.32 Å². The first-order valence-corrected chi connectivity index (χ1v) is 8.62. The SMILES string of the molecule is CCNC1CCC(C)CC1S(=O)C1CCCC1. The van der Waals surface area contributed by atoms with E-state index in [1.54, 1.807) is 0 Å². The molecule has 17 heavy (non-hydrogen) atoms. The lowest BCUT2D eigenvalue weighted by molar-refractivity contribution is 0.316. The van der Waals surface area contributed by atoms with Crippen molar-refractivity contribution in [3.63, 3.8) is 0 Å². The van der Waals surface area contributed by atoms with E-state index in [1.165, 1.54) is 44.9 Å². The third-order valence-electron chi connectivity index (χ3n) is 4.45. The van der Waals surface area contributed by atoms with Crippen LogP contribution < -0.4 is 5.32 Å². The largest absolute Gasteiger partial charge is 0.313 e. The van der Waals surface area contributed by atoms with E-state index in [2.05, 4.69) is 19.2 Å². The maximum atomic E-state index is 12.7. The van der Waals surface area contributed by atoms with Crippen molar-refractivity contribution >= 4 is 10.8 Å². The summed E-state index contributed by atoms with van der Waals surface area (Å²) in [6, 6.07) is 0.512. The van der Waals surface area contributed by atoms with Gasteiger partial charge in [0.15, 0.2) is 0 Å². The van der Waals surface area contributed by atoms with Crippen LogP contribution >= 0.6 is 0 Å². The summed E-state index contributed by atoms with van der Waals surface area (Å²) in [5.41, 5.74) is 0. The van der Waals surface area contributed by atoms with E-state index < -0.39 is 10.8 Å². The molecule has 2 nitrogen and oxygen atoms in total. The van der Waals surface area contributed by atoms with Crippen LogP contribution in [-0.4, -0.2) is 27.3 Å². The molecule has 0 aromatic heterocycles. The van der Waals surface area contributed by atoms with Gasteiger partial charge in [-0.25, -0.2) is 0 Å². The Hall–Kier alpha value is 0.110. The lowest BCUT2D eigenvalue weighted by Gasteiger charge is -2.36. The second-order valence-electron chi connectivity index (χ2n) is 5.86. The van der Waals surface area contributed by atoms with E-state index in [1.807, 2.05) is 0 Å². The van der Waals surface area contributed by atoms with Gasteiger partial charge in [-0.15, -0.1) is 0 Å². The van der Waals surface area contributed by atoms with E-state index in [0.29, 0.717) is 16.5 Å². The maximum Gasteiger partial charge on any atom is 0.0506 e. The average Bonchev–Trinajstić information content (AvgIpc) is 2.84. The molecule has 3 heteroatoms. The van der Waals surface area contributed by atoms with Crippen molar-refractivity contribution in [2.24, 2.45) is 5.92 Å². The van der Waals surface area contributed by atoms with Gasteiger partial charge in [0.05, 0.1) is 5.25 Å². The highest BCUT2D eigenvalue weighted by molar-refractivity contribution is 7.86. The molecule has 4 unspecified atom stereocenters. The summed E-state index contributed by atoms with van der Waals surface area (Å²) in [6.45, 7) is 5.49. The summed E-state index contributed by atoms with van der Waals surface area (Å²) in [6.07, 6.45) is 8.69. The standard InChI is InChI=1S/C14H27NOS/c1-3-15-13-9-8-11(2)10-14(13)17(16)12-6-4-5-7-12/h11-15H,3-10H2,1-2H3. The monoisotopic (exact) mass is 257 g/mol. The van der Waals surface area contributed by atoms with Crippen molar-refractivity contribution in [2.75, 3.05) is 6.54 Å². The van der Waals surface area contributed by atoms with Crippen LogP contribution in [0.1, 0.15) is 58.8 Å². The van der Waals surface area contributed by atoms with Crippen LogP contribution in [0, 0.1) is 5.92 Å². The first-order valence-electron chi connectivity index (χ1n) is 7.35. The van der Waals surface area contributed by atoms with Gasteiger partial charge in [-0.1, -0.05) is 26.7 Å². The topological polar surface area (TPSA) is 29.1 Å². The van der Waals surface area contributed by atoms with Crippen molar-refractivity contribution in [1.29, 1.82) is 0 Å². The van der Waals surface area contributed by atoms with Crippen LogP contribution in [0.25, 0.3) is 0 Å². The molecule has 100 valence electrons. The van der Waals surface area contributed by atoms with Crippen LogP contribution in [0.4, 0.5) is 0 Å². The van der Waals surface area contributed by atoms with E-state index in [4.69, 9.17) is 0 Å². The van der Waals surface area contributed by atoms with Crippen molar-refractivity contribution in [1.82, 2.24) is 5.32 Å². The fourth-order valence-electron chi connectivity index (χ4n) is 3.45. The second kappa shape index (κ2) is 6.33. The van der Waals surface area contributed by atoms with Gasteiger partial charge in [-0.05, 0) is 44.6 Å². The molecule has 4 atom stereocenters. The van der Waals surface area contributed by atoms with Crippen molar-refractivity contribution in [3.05, 3.63) is 0 Å². The van der Waals surface area contributed by atoms with Gasteiger partial charge >= 0.3 is 0 Å². The third kappa shape index (κ3) is 3.31. The van der Waals surface area contributed by atoms with Crippen LogP contribution in [0.2, 0.25) is 0 Å². The minimum absolute atomic E-state index is 0.418. The molecule has 2 aliphatic rings. The van der Waals surface area contributed by atoms with Gasteiger partial charge in [0, 0.05) is 22.1 Å². The fourth-order valence-corrected chi connectivity index (χ4v) is 5.82. The lowest BCUT2D eigenvalue weighted by atomic mass is 9.87. The zero-order chi connectivity index (χ0) is 12.3. The second-order valence-corrected chi connectivity index (χ2v) is 7.79. The molecular formula is C14H27NOS. The molecular weight excluding hydrogens is 230 g/mol. The Morgan fingerprint density at radius 3 is 2.53 bits per heavy atom. The smallest absolute Gasteiger partial charge is 0.0506 e. The molecule has 2 rings (SSSR count). The molecule has 2 saturated carbocycles. The number of hydrogen-bond donors (Lipinski definition) is 1. The predicted octanol–water partition coefficient (Wildman–Crippen LogP) is 2.84. The molecule has 0 heterocycles. The normalized spacial score (nSPS) is 37.2. The van der Waals surface area contributed by atoms with Gasteiger partial charge in [-0.2, -0.15) is 0 Å². The van der Waals surface area contributed by atoms with Gasteiger partial charge in [0.2, 0.25) is 0 Å². The molecule has 0 aliphatic heterocycles. The molecule has 0 bridgehead atoms. The number of rotatable bonds is 4. The molecule has 0 saturated heterocycles. The maximum absolute atomic E-state index is 12.7. The van der Waals surface area contributed by atoms with E-state index >= 15 is 0 Å². The Bertz CT molecular complexity index is 263. The lowest BCUT2D eigenvalue weighted by Crippen LogP contribution is -2.47. The molecule has 0 spiro atoms. The Morgan fingerprint density at radius 1 is 1.18 bits per heavy atom. The fraction of sp³-hybridized carbons (Fsp3) is 1.00. The minimum atomic E-state index is -0.597. The molecule has 0 radical (unpaired) electrons. The molecule has 2 aliphatic carbocycles. The molecule has 2 fully saturated rings. The quantitative estimate of drug-likeness (QED) is 0.839. The van der Waals surface area contributed by atoms with Crippen LogP contribution in [-0.2, 0) is 10.8 Å². The Balaban J connectivity index is 2.00. The van der Waals surface area contributed by atoms with Gasteiger partial charge in [0.25, 0.3) is 0 Å². The highest BCUT2D eigenvalue weighted by Gasteiger charge is 2.36. The molecule has 0 aromatic rings. The highest BCUT2D eigenvalue weighted by Crippen LogP contribution is 2.33. The predicted molar refractivity (Wildman–Crippen MR) is 74.7 cm³/mol. The van der Waals surface area contributed by atoms with Gasteiger partial charge in [-0.3, -0.25) is 4.21 Å². The summed E-state index contributed by atoms with van der Waals surface area (Å²) < 4.78 is 12.7. The average molecular weight is 257 g/mol. The van der Waals surface area contributed by atoms with Crippen molar-refractivity contribution in [2.45, 2.75) is 75.3 Å². The number of hydrogen-bond acceptors (Lipinski definition) is 2. The third-order valence-corrected chi connectivity index (χ3v) is 6.70. The highest BCUT2D eigenvalue weighted by atomic mass is 32.2. The minimum Gasteiger partial charge on any atom is -0.313 e.